The molecule has 0 spiro atoms. The van der Waals surface area contributed by atoms with E-state index in [4.69, 9.17) is 0 Å². The lowest BCUT2D eigenvalue weighted by molar-refractivity contribution is -0.121. The quantitative estimate of drug-likeness (QED) is 0.828. The molecule has 21 heavy (non-hydrogen) atoms. The molecule has 1 N–H and O–H groups in total. The summed E-state index contributed by atoms with van der Waals surface area (Å²) in [4.78, 5) is 25.6. The first-order chi connectivity index (χ1) is 10.1. The summed E-state index contributed by atoms with van der Waals surface area (Å²) < 4.78 is 0. The molecule has 1 amide bonds. The zero-order valence-corrected chi connectivity index (χ0v) is 13.1. The Kier molecular flexibility index (Phi) is 5.28. The van der Waals surface area contributed by atoms with E-state index in [9.17, 15) is 9.59 Å². The van der Waals surface area contributed by atoms with Gasteiger partial charge in [-0.2, -0.15) is 0 Å². The zero-order chi connectivity index (χ0) is 15.2. The summed E-state index contributed by atoms with van der Waals surface area (Å²) in [5.41, 5.74) is 2.26. The molecule has 0 radical (unpaired) electrons. The van der Waals surface area contributed by atoms with Crippen LogP contribution < -0.4 is 5.32 Å². The van der Waals surface area contributed by atoms with E-state index in [2.05, 4.69) is 5.32 Å². The molecule has 0 unspecified atom stereocenters. The van der Waals surface area contributed by atoms with Gasteiger partial charge < -0.3 is 5.32 Å². The number of aryl methyl sites for hydroxylation is 2. The highest BCUT2D eigenvalue weighted by molar-refractivity contribution is 7.14. The fraction of sp³-hybridized carbons (Fsp3) is 0.294. The number of Topliss-reactive ketones (excluding diaryl/α,β-unsaturated/α-hetero) is 1. The number of hydrogen-bond donors (Lipinski definition) is 1. The second kappa shape index (κ2) is 7.18. The van der Waals surface area contributed by atoms with Crippen LogP contribution in [0, 0.1) is 13.8 Å². The Morgan fingerprint density at radius 3 is 2.48 bits per heavy atom. The van der Waals surface area contributed by atoms with E-state index < -0.39 is 0 Å². The maximum atomic E-state index is 11.9. The van der Waals surface area contributed by atoms with Crippen molar-refractivity contribution in [1.82, 2.24) is 5.32 Å². The lowest BCUT2D eigenvalue weighted by Gasteiger charge is -2.07. The molecule has 3 nitrogen and oxygen atoms in total. The number of nitrogens with one attached hydrogen (secondary N) is 1. The number of rotatable bonds is 6. The van der Waals surface area contributed by atoms with Crippen molar-refractivity contribution in [3.8, 4) is 0 Å². The lowest BCUT2D eigenvalue weighted by Crippen LogP contribution is -2.23. The minimum Gasteiger partial charge on any atom is -0.352 e. The molecule has 0 saturated heterocycles. The van der Waals surface area contributed by atoms with Crippen molar-refractivity contribution in [2.75, 3.05) is 0 Å². The third-order valence-electron chi connectivity index (χ3n) is 3.33. The van der Waals surface area contributed by atoms with Crippen LogP contribution in [0.15, 0.2) is 36.4 Å². The maximum absolute atomic E-state index is 11.9. The van der Waals surface area contributed by atoms with Gasteiger partial charge >= 0.3 is 0 Å². The van der Waals surface area contributed by atoms with Gasteiger partial charge in [0.2, 0.25) is 5.91 Å². The number of ketones is 1. The van der Waals surface area contributed by atoms with Crippen LogP contribution in [0.25, 0.3) is 0 Å². The first-order valence-corrected chi connectivity index (χ1v) is 7.79. The normalized spacial score (nSPS) is 10.4. The highest BCUT2D eigenvalue weighted by Gasteiger charge is 2.11. The number of carbonyl (C=O) groups excluding carboxylic acids is 2. The Balaban J connectivity index is 1.78. The van der Waals surface area contributed by atoms with Crippen molar-refractivity contribution in [3.05, 3.63) is 57.3 Å². The largest absolute Gasteiger partial charge is 0.352 e. The molecule has 1 heterocycles. The van der Waals surface area contributed by atoms with Crippen LogP contribution in [-0.2, 0) is 11.3 Å². The number of carbonyl (C=O) groups is 2. The van der Waals surface area contributed by atoms with E-state index in [1.165, 1.54) is 11.3 Å². The average molecular weight is 301 g/mol. The summed E-state index contributed by atoms with van der Waals surface area (Å²) in [6.07, 6.45) is 0.501. The van der Waals surface area contributed by atoms with Crippen LogP contribution in [0.2, 0.25) is 0 Å². The summed E-state index contributed by atoms with van der Waals surface area (Å²) in [5, 5.41) is 2.86. The molecule has 2 aromatic rings. The molecular weight excluding hydrogens is 282 g/mol. The molecule has 2 rings (SSSR count). The highest BCUT2D eigenvalue weighted by atomic mass is 32.1. The molecule has 1 aromatic heterocycles. The van der Waals surface area contributed by atoms with Crippen LogP contribution in [0.3, 0.4) is 0 Å². The van der Waals surface area contributed by atoms with Crippen LogP contribution in [0.4, 0.5) is 0 Å². The monoisotopic (exact) mass is 301 g/mol. The Morgan fingerprint density at radius 1 is 1.05 bits per heavy atom. The average Bonchev–Trinajstić information content (AvgIpc) is 2.90. The molecule has 0 fully saturated rings. The van der Waals surface area contributed by atoms with E-state index in [-0.39, 0.29) is 24.5 Å². The minimum atomic E-state index is -0.0834. The predicted octanol–water partition coefficient (Wildman–Crippen LogP) is 3.64. The van der Waals surface area contributed by atoms with E-state index >= 15 is 0 Å². The number of benzene rings is 1. The van der Waals surface area contributed by atoms with Gasteiger partial charge in [0.25, 0.3) is 0 Å². The van der Waals surface area contributed by atoms with Crippen LogP contribution in [0.5, 0.6) is 0 Å². The topological polar surface area (TPSA) is 46.2 Å². The van der Waals surface area contributed by atoms with Crippen molar-refractivity contribution >= 4 is 23.0 Å². The highest BCUT2D eigenvalue weighted by Crippen LogP contribution is 2.17. The van der Waals surface area contributed by atoms with Gasteiger partial charge in [0.15, 0.2) is 5.78 Å². The van der Waals surface area contributed by atoms with E-state index in [1.807, 2.05) is 50.2 Å². The van der Waals surface area contributed by atoms with Crippen molar-refractivity contribution in [1.29, 1.82) is 0 Å². The van der Waals surface area contributed by atoms with E-state index in [0.717, 1.165) is 20.9 Å². The van der Waals surface area contributed by atoms with Gasteiger partial charge in [-0.25, -0.2) is 0 Å². The smallest absolute Gasteiger partial charge is 0.220 e. The molecule has 1 aromatic carbocycles. The van der Waals surface area contributed by atoms with Gasteiger partial charge in [-0.3, -0.25) is 9.59 Å². The van der Waals surface area contributed by atoms with E-state index in [1.54, 1.807) is 0 Å². The summed E-state index contributed by atoms with van der Waals surface area (Å²) >= 11 is 1.48. The van der Waals surface area contributed by atoms with Crippen LogP contribution >= 0.6 is 11.3 Å². The molecule has 0 saturated carbocycles. The molecule has 110 valence electrons. The van der Waals surface area contributed by atoms with Crippen molar-refractivity contribution in [3.63, 3.8) is 0 Å². The van der Waals surface area contributed by atoms with Crippen molar-refractivity contribution in [2.24, 2.45) is 0 Å². The standard InChI is InChI=1S/C17H19NO2S/c1-12-5-3-4-6-14(12)11-18-17(20)10-8-15(19)16-9-7-13(2)21-16/h3-7,9H,8,10-11H2,1-2H3,(H,18,20). The van der Waals surface area contributed by atoms with Gasteiger partial charge in [0.1, 0.15) is 0 Å². The van der Waals surface area contributed by atoms with Crippen molar-refractivity contribution < 1.29 is 9.59 Å². The molecule has 0 aliphatic carbocycles. The van der Waals surface area contributed by atoms with Gasteiger partial charge in [-0.15, -0.1) is 11.3 Å². The number of hydrogen-bond acceptors (Lipinski definition) is 3. The molecule has 0 bridgehead atoms. The SMILES string of the molecule is Cc1ccc(C(=O)CCC(=O)NCc2ccccc2C)s1. The first-order valence-electron chi connectivity index (χ1n) is 6.97. The van der Waals surface area contributed by atoms with Gasteiger partial charge in [0, 0.05) is 24.3 Å². The van der Waals surface area contributed by atoms with Gasteiger partial charge in [0.05, 0.1) is 4.88 Å². The fourth-order valence-corrected chi connectivity index (χ4v) is 2.86. The third kappa shape index (κ3) is 4.53. The maximum Gasteiger partial charge on any atom is 0.220 e. The summed E-state index contributed by atoms with van der Waals surface area (Å²) in [7, 11) is 0. The fourth-order valence-electron chi connectivity index (χ4n) is 2.03. The summed E-state index contributed by atoms with van der Waals surface area (Å²) in [6.45, 7) is 4.50. The molecule has 0 atom stereocenters. The van der Waals surface area contributed by atoms with Gasteiger partial charge in [-0.05, 0) is 37.1 Å². The second-order valence-corrected chi connectivity index (χ2v) is 6.32. The molecule has 0 aliphatic heterocycles. The Hall–Kier alpha value is -1.94. The molecule has 4 heteroatoms. The van der Waals surface area contributed by atoms with Crippen LogP contribution in [-0.4, -0.2) is 11.7 Å². The van der Waals surface area contributed by atoms with Crippen LogP contribution in [0.1, 0.15) is 38.5 Å². The Labute approximate surface area is 129 Å². The first kappa shape index (κ1) is 15.4. The Morgan fingerprint density at radius 2 is 1.81 bits per heavy atom. The lowest BCUT2D eigenvalue weighted by atomic mass is 10.1. The van der Waals surface area contributed by atoms with Crippen molar-refractivity contribution in [2.45, 2.75) is 33.2 Å². The second-order valence-electron chi connectivity index (χ2n) is 5.04. The van der Waals surface area contributed by atoms with E-state index in [0.29, 0.717) is 6.54 Å². The Bertz CT molecular complexity index is 646. The molecule has 0 aliphatic rings. The zero-order valence-electron chi connectivity index (χ0n) is 12.3. The van der Waals surface area contributed by atoms with Gasteiger partial charge in [-0.1, -0.05) is 24.3 Å². The minimum absolute atomic E-state index is 0.0409. The summed E-state index contributed by atoms with van der Waals surface area (Å²) in [5.74, 6) is -0.0426. The molecular formula is C17H19NO2S. The predicted molar refractivity (Wildman–Crippen MR) is 85.6 cm³/mol. The third-order valence-corrected chi connectivity index (χ3v) is 4.37. The number of thiophene rings is 1. The summed E-state index contributed by atoms with van der Waals surface area (Å²) in [6, 6.07) is 11.7. The number of amides is 1.